The Bertz CT molecular complexity index is 3670. The maximum absolute atomic E-state index is 2.30. The molecule has 16 rings (SSSR count). The molecule has 0 radical (unpaired) electrons. The third-order valence-corrected chi connectivity index (χ3v) is 38.5. The van der Waals surface area contributed by atoms with Gasteiger partial charge in [-0.1, -0.05) is 0 Å². The van der Waals surface area contributed by atoms with Crippen molar-refractivity contribution < 1.29 is 21.1 Å². The van der Waals surface area contributed by atoms with Crippen molar-refractivity contribution in [2.75, 3.05) is 0 Å². The molecule has 0 N–H and O–H groups in total. The Morgan fingerprint density at radius 2 is 0.129 bits per heavy atom. The molecule has 101 heavy (non-hydrogen) atoms. The van der Waals surface area contributed by atoms with Crippen LogP contribution < -0.4 is 84.9 Å². The van der Waals surface area contributed by atoms with Gasteiger partial charge in [-0.3, -0.25) is 0 Å². The Balaban J connectivity index is 0.000000127. The van der Waals surface area contributed by atoms with Gasteiger partial charge in [0.2, 0.25) is 0 Å². The molecule has 0 unspecified atom stereocenters. The molecule has 16 aromatic rings. The van der Waals surface area contributed by atoms with E-state index in [0.717, 1.165) is 0 Å². The van der Waals surface area contributed by atoms with Crippen molar-refractivity contribution >= 4 is 114 Å². The van der Waals surface area contributed by atoms with E-state index in [0.29, 0.717) is 0 Å². The fourth-order valence-corrected chi connectivity index (χ4v) is 34.1. The van der Waals surface area contributed by atoms with Gasteiger partial charge in [0.25, 0.3) is 0 Å². The molecule has 0 amide bonds. The molecule has 498 valence electrons. The maximum atomic E-state index is 2.29. The van der Waals surface area contributed by atoms with Crippen molar-refractivity contribution in [1.29, 1.82) is 0 Å². The van der Waals surface area contributed by atoms with Crippen molar-refractivity contribution in [2.45, 2.75) is 0 Å². The van der Waals surface area contributed by atoms with Crippen LogP contribution in [0.25, 0.3) is 0 Å². The first-order valence-corrected chi connectivity index (χ1v) is 42.6. The average molecular weight is 1560 g/mol. The van der Waals surface area contributed by atoms with Crippen LogP contribution in [-0.4, -0.2) is 0 Å². The number of rotatable bonds is 16. The predicted octanol–water partition coefficient (Wildman–Crippen LogP) is 16.2. The van der Waals surface area contributed by atoms with Crippen LogP contribution in [0.3, 0.4) is 0 Å². The summed E-state index contributed by atoms with van der Waals surface area (Å²) in [7, 11) is -9.20. The summed E-state index contributed by atoms with van der Waals surface area (Å²) in [5.41, 5.74) is 0. The molecule has 16 aromatic carbocycles. The van der Waals surface area contributed by atoms with Crippen LogP contribution in [0.5, 0.6) is 0 Å². The molecule has 0 aliphatic rings. The number of hydrogen-bond donors (Lipinski definition) is 0. The Hall–Kier alpha value is -10.1. The molecule has 0 saturated carbocycles. The molecular formula is C96H84P4Pt. The molecular weight excluding hydrogens is 1470 g/mol. The second-order valence-corrected chi connectivity index (χ2v) is 40.1. The molecule has 0 saturated heterocycles. The summed E-state index contributed by atoms with van der Waals surface area (Å²) in [6.07, 6.45) is 0. The molecule has 5 heteroatoms. The fraction of sp³-hybridized carbons (Fsp3) is 0. The van der Waals surface area contributed by atoms with Crippen molar-refractivity contribution in [2.24, 2.45) is 0 Å². The van der Waals surface area contributed by atoms with Crippen molar-refractivity contribution in [1.82, 2.24) is 0 Å². The molecule has 0 aliphatic carbocycles. The van der Waals surface area contributed by atoms with E-state index in [1.54, 1.807) is 0 Å². The molecule has 0 aliphatic heterocycles. The van der Waals surface area contributed by atoms with Crippen LogP contribution in [0.2, 0.25) is 0 Å². The third-order valence-electron chi connectivity index (χ3n) is 19.3. The Kier molecular flexibility index (Phi) is 24.7. The van der Waals surface area contributed by atoms with E-state index in [1.807, 2.05) is 0 Å². The SMILES string of the molecule is [Pt].c1ccc([PH](c2ccccc2)(c2ccccc2)c2ccccc2)cc1.c1ccc([PH](c2ccccc2)(c2ccccc2)c2ccccc2)cc1.c1ccc([PH](c2ccccc2)(c2ccccc2)c2ccccc2)cc1.c1ccc([PH](c2ccccc2)(c2ccccc2)c2ccccc2)cc1. The molecule has 0 heterocycles. The van der Waals surface area contributed by atoms with E-state index in [9.17, 15) is 0 Å². The first kappa shape index (κ1) is 70.8. The van der Waals surface area contributed by atoms with Crippen LogP contribution in [0.1, 0.15) is 0 Å². The van der Waals surface area contributed by atoms with Gasteiger partial charge >= 0.3 is 599 Å². The fourth-order valence-electron chi connectivity index (χ4n) is 15.0. The first-order valence-electron chi connectivity index (χ1n) is 34.6. The van der Waals surface area contributed by atoms with Gasteiger partial charge in [0.15, 0.2) is 0 Å². The summed E-state index contributed by atoms with van der Waals surface area (Å²) >= 11 is 0. The standard InChI is InChI=1S/4C24H21P.Pt/c4*1-5-13-21(14-6-1)25(22-15-7-2-8-16-22,23-17-9-3-10-18-23)24-19-11-4-12-20-24;/h4*1-20,25H;. The van der Waals surface area contributed by atoms with E-state index in [-0.39, 0.29) is 21.1 Å². The Labute approximate surface area is 615 Å². The summed E-state index contributed by atoms with van der Waals surface area (Å²) < 4.78 is 0. The van der Waals surface area contributed by atoms with Gasteiger partial charge in [-0.15, -0.1) is 0 Å². The van der Waals surface area contributed by atoms with E-state index in [2.05, 4.69) is 485 Å². The average Bonchev–Trinajstić information content (AvgIpc) is 0.765. The van der Waals surface area contributed by atoms with E-state index in [1.165, 1.54) is 84.9 Å². The first-order chi connectivity index (χ1) is 49.7. The summed E-state index contributed by atoms with van der Waals surface area (Å²) in [4.78, 5) is 0. The summed E-state index contributed by atoms with van der Waals surface area (Å²) in [5, 5.41) is 22.6. The monoisotopic (exact) mass is 1560 g/mol. The quantitative estimate of drug-likeness (QED) is 0.0846. The van der Waals surface area contributed by atoms with Crippen LogP contribution in [-0.2, 0) is 21.1 Å². The predicted molar refractivity (Wildman–Crippen MR) is 450 cm³/mol. The molecule has 0 atom stereocenters. The van der Waals surface area contributed by atoms with E-state index >= 15 is 0 Å². The molecule has 0 spiro atoms. The van der Waals surface area contributed by atoms with E-state index in [4.69, 9.17) is 0 Å². The Morgan fingerprint density at radius 3 is 0.178 bits per heavy atom. The topological polar surface area (TPSA) is 0 Å². The van der Waals surface area contributed by atoms with Crippen LogP contribution in [0.4, 0.5) is 0 Å². The second kappa shape index (κ2) is 35.3. The van der Waals surface area contributed by atoms with Gasteiger partial charge in [-0.2, -0.15) is 0 Å². The van der Waals surface area contributed by atoms with Crippen LogP contribution in [0, 0.1) is 0 Å². The summed E-state index contributed by atoms with van der Waals surface area (Å²) in [5.74, 6) is 0. The minimum atomic E-state index is -2.30. The van der Waals surface area contributed by atoms with Crippen LogP contribution >= 0.6 is 29.0 Å². The van der Waals surface area contributed by atoms with Gasteiger partial charge in [0, 0.05) is 21.1 Å². The molecule has 0 fully saturated rings. The zero-order valence-corrected chi connectivity index (χ0v) is 62.8. The van der Waals surface area contributed by atoms with Crippen molar-refractivity contribution in [3.63, 3.8) is 0 Å². The summed E-state index contributed by atoms with van der Waals surface area (Å²) in [6, 6.07) is 176. The second-order valence-electron chi connectivity index (χ2n) is 24.9. The van der Waals surface area contributed by atoms with Gasteiger partial charge in [-0.05, 0) is 0 Å². The summed E-state index contributed by atoms with van der Waals surface area (Å²) in [6.45, 7) is 0. The minimum absolute atomic E-state index is 0. The molecule has 0 nitrogen and oxygen atoms in total. The zero-order valence-electron chi connectivity index (χ0n) is 56.5. The van der Waals surface area contributed by atoms with E-state index < -0.39 is 29.0 Å². The van der Waals surface area contributed by atoms with Gasteiger partial charge < -0.3 is 0 Å². The normalized spacial score (nSPS) is 11.7. The zero-order chi connectivity index (χ0) is 67.8. The van der Waals surface area contributed by atoms with Gasteiger partial charge in [0.1, 0.15) is 0 Å². The molecule has 0 bridgehead atoms. The number of benzene rings is 16. The van der Waals surface area contributed by atoms with Gasteiger partial charge in [-0.25, -0.2) is 0 Å². The third kappa shape index (κ3) is 15.2. The van der Waals surface area contributed by atoms with Gasteiger partial charge in [0.05, 0.1) is 0 Å². The Morgan fingerprint density at radius 1 is 0.0792 bits per heavy atom. The van der Waals surface area contributed by atoms with Crippen molar-refractivity contribution in [3.05, 3.63) is 485 Å². The number of hydrogen-bond acceptors (Lipinski definition) is 0. The molecule has 0 aromatic heterocycles. The van der Waals surface area contributed by atoms with Crippen LogP contribution in [0.15, 0.2) is 485 Å². The van der Waals surface area contributed by atoms with Crippen molar-refractivity contribution in [3.8, 4) is 0 Å².